The third kappa shape index (κ3) is 4.92. The Morgan fingerprint density at radius 2 is 1.54 bits per heavy atom. The minimum atomic E-state index is -0.196. The van der Waals surface area contributed by atoms with Gasteiger partial charge in [-0.2, -0.15) is 0 Å². The van der Waals surface area contributed by atoms with Crippen molar-refractivity contribution < 1.29 is 14.3 Å². The van der Waals surface area contributed by atoms with Gasteiger partial charge >= 0.3 is 0 Å². The molecule has 0 unspecified atom stereocenters. The molecule has 0 aliphatic carbocycles. The van der Waals surface area contributed by atoms with Gasteiger partial charge < -0.3 is 14.5 Å². The molecular weight excluding hydrogens is 442 g/mol. The average molecular weight is 474 g/mol. The van der Waals surface area contributed by atoms with Crippen LogP contribution in [0, 0.1) is 5.92 Å². The Hall–Kier alpha value is -3.68. The zero-order chi connectivity index (χ0) is 24.2. The molecule has 2 fully saturated rings. The molecule has 2 amide bonds. The van der Waals surface area contributed by atoms with E-state index in [1.54, 1.807) is 16.7 Å². The molecule has 182 valence electrons. The highest BCUT2D eigenvalue weighted by Gasteiger charge is 2.32. The lowest BCUT2D eigenvalue weighted by Gasteiger charge is -2.35. The molecule has 1 aromatic heterocycles. The molecule has 0 saturated carbocycles. The molecular formula is C27H31N5O3. The van der Waals surface area contributed by atoms with E-state index in [1.165, 1.54) is 6.42 Å². The van der Waals surface area contributed by atoms with Crippen LogP contribution in [-0.2, 0) is 4.79 Å². The van der Waals surface area contributed by atoms with Crippen LogP contribution in [-0.4, -0.2) is 69.7 Å². The summed E-state index contributed by atoms with van der Waals surface area (Å²) in [6.07, 6.45) is 4.76. The van der Waals surface area contributed by atoms with E-state index >= 15 is 0 Å². The lowest BCUT2D eigenvalue weighted by molar-refractivity contribution is -0.137. The van der Waals surface area contributed by atoms with Crippen LogP contribution in [0.2, 0.25) is 0 Å². The Labute approximate surface area is 205 Å². The van der Waals surface area contributed by atoms with E-state index in [1.807, 2.05) is 59.5 Å². The number of rotatable bonds is 5. The van der Waals surface area contributed by atoms with Crippen molar-refractivity contribution >= 4 is 11.8 Å². The second-order valence-corrected chi connectivity index (χ2v) is 9.19. The molecule has 5 rings (SSSR count). The molecule has 0 radical (unpaired) electrons. The van der Waals surface area contributed by atoms with Crippen LogP contribution in [0.25, 0.3) is 17.1 Å². The number of likely N-dealkylation sites (tertiary alicyclic amines) is 2. The number of hydrogen-bond donors (Lipinski definition) is 0. The highest BCUT2D eigenvalue weighted by Crippen LogP contribution is 2.25. The number of ether oxygens (including phenoxy) is 1. The van der Waals surface area contributed by atoms with Gasteiger partial charge in [0.15, 0.2) is 5.82 Å². The van der Waals surface area contributed by atoms with Crippen molar-refractivity contribution in [3.63, 3.8) is 0 Å². The molecule has 2 aliphatic heterocycles. The van der Waals surface area contributed by atoms with Crippen molar-refractivity contribution in [3.8, 4) is 22.8 Å². The van der Waals surface area contributed by atoms with Crippen LogP contribution in [0.5, 0.6) is 5.75 Å². The van der Waals surface area contributed by atoms with E-state index in [4.69, 9.17) is 4.74 Å². The van der Waals surface area contributed by atoms with Gasteiger partial charge in [-0.25, -0.2) is 9.67 Å². The highest BCUT2D eigenvalue weighted by molar-refractivity contribution is 5.91. The molecule has 8 heteroatoms. The second-order valence-electron chi connectivity index (χ2n) is 9.19. The summed E-state index contributed by atoms with van der Waals surface area (Å²) < 4.78 is 6.98. The summed E-state index contributed by atoms with van der Waals surface area (Å²) >= 11 is 0. The van der Waals surface area contributed by atoms with Crippen molar-refractivity contribution in [1.29, 1.82) is 0 Å². The second kappa shape index (κ2) is 10.3. The Kier molecular flexibility index (Phi) is 6.79. The van der Waals surface area contributed by atoms with Crippen molar-refractivity contribution in [3.05, 3.63) is 60.4 Å². The summed E-state index contributed by atoms with van der Waals surface area (Å²) in [5, 5.41) is 4.61. The largest absolute Gasteiger partial charge is 0.497 e. The minimum absolute atomic E-state index is 0.00171. The summed E-state index contributed by atoms with van der Waals surface area (Å²) in [7, 11) is 1.62. The van der Waals surface area contributed by atoms with Gasteiger partial charge in [-0.15, -0.1) is 5.10 Å². The lowest BCUT2D eigenvalue weighted by atomic mass is 9.94. The van der Waals surface area contributed by atoms with Crippen LogP contribution in [0.1, 0.15) is 42.7 Å². The smallest absolute Gasteiger partial charge is 0.293 e. The summed E-state index contributed by atoms with van der Waals surface area (Å²) in [6.45, 7) is 2.82. The van der Waals surface area contributed by atoms with Gasteiger partial charge in [0, 0.05) is 37.7 Å². The number of carbonyl (C=O) groups is 2. The highest BCUT2D eigenvalue weighted by atomic mass is 16.5. The maximum atomic E-state index is 13.4. The van der Waals surface area contributed by atoms with E-state index in [-0.39, 0.29) is 23.6 Å². The van der Waals surface area contributed by atoms with E-state index < -0.39 is 0 Å². The number of carbonyl (C=O) groups excluding carboxylic acids is 2. The molecule has 0 N–H and O–H groups in total. The van der Waals surface area contributed by atoms with E-state index in [0.29, 0.717) is 31.8 Å². The summed E-state index contributed by atoms with van der Waals surface area (Å²) in [6, 6.07) is 17.2. The molecule has 2 aliphatic rings. The quantitative estimate of drug-likeness (QED) is 0.563. The van der Waals surface area contributed by atoms with Gasteiger partial charge in [-0.1, -0.05) is 30.3 Å². The van der Waals surface area contributed by atoms with E-state index in [0.717, 1.165) is 42.9 Å². The van der Waals surface area contributed by atoms with Crippen molar-refractivity contribution in [2.75, 3.05) is 33.3 Å². The SMILES string of the molecule is COc1ccc(-n2nc(C(=O)N3CCC(C(=O)N4CCCCC4)CC3)nc2-c2ccccc2)cc1. The number of piperidine rings is 2. The topological polar surface area (TPSA) is 80.6 Å². The number of hydrogen-bond acceptors (Lipinski definition) is 5. The molecule has 3 aromatic rings. The van der Waals surface area contributed by atoms with E-state index in [9.17, 15) is 9.59 Å². The van der Waals surface area contributed by atoms with Gasteiger partial charge in [0.2, 0.25) is 11.7 Å². The third-order valence-corrected chi connectivity index (χ3v) is 6.95. The number of amides is 2. The molecule has 8 nitrogen and oxygen atoms in total. The third-order valence-electron chi connectivity index (χ3n) is 6.95. The van der Waals surface area contributed by atoms with Gasteiger partial charge in [0.1, 0.15) is 5.75 Å². The molecule has 0 spiro atoms. The number of methoxy groups -OCH3 is 1. The van der Waals surface area contributed by atoms with Gasteiger partial charge in [0.05, 0.1) is 12.8 Å². The first kappa shape index (κ1) is 23.1. The zero-order valence-electron chi connectivity index (χ0n) is 20.1. The lowest BCUT2D eigenvalue weighted by Crippen LogP contribution is -2.45. The zero-order valence-corrected chi connectivity index (χ0v) is 20.1. The maximum Gasteiger partial charge on any atom is 0.293 e. The van der Waals surface area contributed by atoms with Crippen molar-refractivity contribution in [1.82, 2.24) is 24.6 Å². The van der Waals surface area contributed by atoms with Crippen molar-refractivity contribution in [2.45, 2.75) is 32.1 Å². The Morgan fingerprint density at radius 3 is 2.20 bits per heavy atom. The fourth-order valence-corrected chi connectivity index (χ4v) is 4.92. The molecule has 2 aromatic carbocycles. The number of nitrogens with zero attached hydrogens (tertiary/aromatic N) is 5. The number of aromatic nitrogens is 3. The monoisotopic (exact) mass is 473 g/mol. The fraction of sp³-hybridized carbons (Fsp3) is 0.407. The molecule has 3 heterocycles. The normalized spacial score (nSPS) is 16.8. The Balaban J connectivity index is 1.34. The minimum Gasteiger partial charge on any atom is -0.497 e. The van der Waals surface area contributed by atoms with Gasteiger partial charge in [-0.3, -0.25) is 9.59 Å². The summed E-state index contributed by atoms with van der Waals surface area (Å²) in [5.41, 5.74) is 1.67. The molecule has 0 atom stereocenters. The van der Waals surface area contributed by atoms with Crippen LogP contribution in [0.15, 0.2) is 54.6 Å². The molecule has 0 bridgehead atoms. The Bertz CT molecular complexity index is 1160. The predicted octanol–water partition coefficient (Wildman–Crippen LogP) is 3.81. The predicted molar refractivity (Wildman–Crippen MR) is 132 cm³/mol. The summed E-state index contributed by atoms with van der Waals surface area (Å²) in [4.78, 5) is 34.7. The van der Waals surface area contributed by atoms with Crippen LogP contribution in [0.3, 0.4) is 0 Å². The standard InChI is InChI=1S/C27H31N5O3/c1-35-23-12-10-22(11-13-23)32-25(20-8-4-2-5-9-20)28-24(29-32)27(34)31-18-14-21(15-19-31)26(33)30-16-6-3-7-17-30/h2,4-5,8-13,21H,3,6-7,14-19H2,1H3. The van der Waals surface area contributed by atoms with Crippen LogP contribution >= 0.6 is 0 Å². The Morgan fingerprint density at radius 1 is 0.857 bits per heavy atom. The fourth-order valence-electron chi connectivity index (χ4n) is 4.92. The molecule has 35 heavy (non-hydrogen) atoms. The first-order valence-corrected chi connectivity index (χ1v) is 12.4. The van der Waals surface area contributed by atoms with E-state index in [2.05, 4.69) is 10.1 Å². The molecule has 2 saturated heterocycles. The van der Waals surface area contributed by atoms with Gasteiger partial charge in [-0.05, 0) is 56.4 Å². The first-order valence-electron chi connectivity index (χ1n) is 12.4. The maximum absolute atomic E-state index is 13.4. The number of benzene rings is 2. The van der Waals surface area contributed by atoms with Gasteiger partial charge in [0.25, 0.3) is 5.91 Å². The summed E-state index contributed by atoms with van der Waals surface area (Å²) in [5.74, 6) is 1.58. The average Bonchev–Trinajstić information content (AvgIpc) is 3.39. The van der Waals surface area contributed by atoms with Crippen molar-refractivity contribution in [2.24, 2.45) is 5.92 Å². The van der Waals surface area contributed by atoms with Crippen LogP contribution in [0.4, 0.5) is 0 Å². The first-order chi connectivity index (χ1) is 17.1. The van der Waals surface area contributed by atoms with Crippen LogP contribution < -0.4 is 4.74 Å².